The van der Waals surface area contributed by atoms with Gasteiger partial charge in [-0.3, -0.25) is 4.79 Å². The van der Waals surface area contributed by atoms with Crippen LogP contribution in [0.25, 0.3) is 0 Å². The number of benzene rings is 1. The molecule has 2 saturated heterocycles. The lowest BCUT2D eigenvalue weighted by Crippen LogP contribution is -2.49. The molecule has 0 aliphatic carbocycles. The number of likely N-dealkylation sites (tertiary alicyclic amines) is 1. The Bertz CT molecular complexity index is 532. The van der Waals surface area contributed by atoms with E-state index in [4.69, 9.17) is 5.73 Å². The minimum Gasteiger partial charge on any atom is -0.372 e. The molecule has 2 unspecified atom stereocenters. The Labute approximate surface area is 163 Å². The van der Waals surface area contributed by atoms with Crippen molar-refractivity contribution in [1.29, 1.82) is 0 Å². The summed E-state index contributed by atoms with van der Waals surface area (Å²) in [6, 6.07) is 8.36. The van der Waals surface area contributed by atoms with Gasteiger partial charge in [-0.1, -0.05) is 6.92 Å². The van der Waals surface area contributed by atoms with Crippen LogP contribution in [0.2, 0.25) is 0 Å². The zero-order valence-electron chi connectivity index (χ0n) is 15.0. The molecule has 2 aliphatic rings. The van der Waals surface area contributed by atoms with E-state index in [1.54, 1.807) is 0 Å². The maximum atomic E-state index is 12.8. The van der Waals surface area contributed by atoms with E-state index in [1.807, 2.05) is 17.0 Å². The fraction of sp³-hybridized carbons (Fsp3) is 0.632. The van der Waals surface area contributed by atoms with Gasteiger partial charge in [0.15, 0.2) is 0 Å². The number of hydrogen-bond donors (Lipinski definition) is 1. The van der Waals surface area contributed by atoms with Crippen molar-refractivity contribution in [3.8, 4) is 0 Å². The summed E-state index contributed by atoms with van der Waals surface area (Å²) in [5, 5.41) is 0. The van der Waals surface area contributed by atoms with Crippen LogP contribution in [-0.4, -0.2) is 43.0 Å². The number of halogens is 2. The summed E-state index contributed by atoms with van der Waals surface area (Å²) in [5.41, 5.74) is 7.92. The van der Waals surface area contributed by atoms with Crippen molar-refractivity contribution in [3.63, 3.8) is 0 Å². The van der Waals surface area contributed by atoms with E-state index in [0.717, 1.165) is 38.0 Å². The number of anilines is 1. The fourth-order valence-corrected chi connectivity index (χ4v) is 3.88. The van der Waals surface area contributed by atoms with Crippen LogP contribution in [0.4, 0.5) is 5.69 Å². The van der Waals surface area contributed by atoms with E-state index in [2.05, 4.69) is 24.0 Å². The van der Waals surface area contributed by atoms with Crippen LogP contribution in [0.3, 0.4) is 0 Å². The molecule has 0 spiro atoms. The lowest BCUT2D eigenvalue weighted by atomic mass is 9.92. The Morgan fingerprint density at radius 1 is 1.08 bits per heavy atom. The molecule has 2 aliphatic heterocycles. The second kappa shape index (κ2) is 10.2. The molecule has 0 bridgehead atoms. The summed E-state index contributed by atoms with van der Waals surface area (Å²) in [5.74, 6) is 0.798. The van der Waals surface area contributed by atoms with Gasteiger partial charge < -0.3 is 15.5 Å². The van der Waals surface area contributed by atoms with Gasteiger partial charge in [-0.05, 0) is 62.3 Å². The van der Waals surface area contributed by atoms with Crippen molar-refractivity contribution in [2.45, 2.75) is 45.1 Å². The first kappa shape index (κ1) is 22.1. The van der Waals surface area contributed by atoms with Crippen molar-refractivity contribution in [3.05, 3.63) is 29.8 Å². The van der Waals surface area contributed by atoms with Crippen molar-refractivity contribution < 1.29 is 4.79 Å². The number of rotatable bonds is 3. The van der Waals surface area contributed by atoms with Crippen LogP contribution < -0.4 is 10.6 Å². The molecule has 25 heavy (non-hydrogen) atoms. The summed E-state index contributed by atoms with van der Waals surface area (Å²) >= 11 is 0. The van der Waals surface area contributed by atoms with Gasteiger partial charge in [-0.15, -0.1) is 24.8 Å². The first-order chi connectivity index (χ1) is 11.2. The van der Waals surface area contributed by atoms with E-state index >= 15 is 0 Å². The average Bonchev–Trinajstić information content (AvgIpc) is 2.62. The molecule has 3 rings (SSSR count). The van der Waals surface area contributed by atoms with Gasteiger partial charge in [-0.2, -0.15) is 0 Å². The van der Waals surface area contributed by atoms with Crippen LogP contribution in [0, 0.1) is 5.92 Å². The van der Waals surface area contributed by atoms with E-state index in [-0.39, 0.29) is 36.8 Å². The third-order valence-electron chi connectivity index (χ3n) is 5.35. The molecule has 1 amide bonds. The number of carbonyl (C=O) groups is 1. The summed E-state index contributed by atoms with van der Waals surface area (Å²) in [4.78, 5) is 17.2. The second-order valence-electron chi connectivity index (χ2n) is 7.11. The third-order valence-corrected chi connectivity index (χ3v) is 5.35. The number of hydrogen-bond acceptors (Lipinski definition) is 3. The standard InChI is InChI=1S/C19H29N3O.2ClH/c1-15-9-12-22(18(13-15)14-20)19(23)16-5-7-17(8-6-16)21-10-3-2-4-11-21;;/h5-8,15,18H,2-4,9-14,20H2,1H3;2*1H. The molecule has 0 saturated carbocycles. The highest BCUT2D eigenvalue weighted by Gasteiger charge is 2.29. The monoisotopic (exact) mass is 387 g/mol. The molecule has 0 radical (unpaired) electrons. The quantitative estimate of drug-likeness (QED) is 0.859. The number of nitrogens with zero attached hydrogens (tertiary/aromatic N) is 2. The molecule has 6 heteroatoms. The van der Waals surface area contributed by atoms with E-state index in [0.29, 0.717) is 12.5 Å². The van der Waals surface area contributed by atoms with Crippen molar-refractivity contribution in [1.82, 2.24) is 4.90 Å². The highest BCUT2D eigenvalue weighted by Crippen LogP contribution is 2.25. The topological polar surface area (TPSA) is 49.6 Å². The lowest BCUT2D eigenvalue weighted by molar-refractivity contribution is 0.0573. The summed E-state index contributed by atoms with van der Waals surface area (Å²) in [6.45, 7) is 5.90. The summed E-state index contributed by atoms with van der Waals surface area (Å²) in [6.07, 6.45) is 5.97. The maximum absolute atomic E-state index is 12.8. The molecular formula is C19H31Cl2N3O. The fourth-order valence-electron chi connectivity index (χ4n) is 3.88. The van der Waals surface area contributed by atoms with E-state index in [9.17, 15) is 4.79 Å². The van der Waals surface area contributed by atoms with Gasteiger partial charge in [0.25, 0.3) is 5.91 Å². The normalized spacial score (nSPS) is 23.4. The van der Waals surface area contributed by atoms with Crippen molar-refractivity contribution in [2.75, 3.05) is 31.1 Å². The Balaban J connectivity index is 0.00000156. The summed E-state index contributed by atoms with van der Waals surface area (Å²) < 4.78 is 0. The van der Waals surface area contributed by atoms with E-state index in [1.165, 1.54) is 24.9 Å². The molecule has 2 atom stereocenters. The highest BCUT2D eigenvalue weighted by atomic mass is 35.5. The Hall–Kier alpha value is -0.970. The molecule has 0 aromatic heterocycles. The van der Waals surface area contributed by atoms with Gasteiger partial charge in [-0.25, -0.2) is 0 Å². The molecule has 2 fully saturated rings. The summed E-state index contributed by atoms with van der Waals surface area (Å²) in [7, 11) is 0. The number of piperidine rings is 2. The Morgan fingerprint density at radius 2 is 1.72 bits per heavy atom. The number of carbonyl (C=O) groups excluding carboxylic acids is 1. The number of nitrogens with two attached hydrogens (primary N) is 1. The van der Waals surface area contributed by atoms with E-state index < -0.39 is 0 Å². The molecule has 2 heterocycles. The average molecular weight is 388 g/mol. The van der Waals surface area contributed by atoms with Crippen LogP contribution in [0.5, 0.6) is 0 Å². The zero-order chi connectivity index (χ0) is 16.2. The zero-order valence-corrected chi connectivity index (χ0v) is 16.7. The highest BCUT2D eigenvalue weighted by molar-refractivity contribution is 5.94. The van der Waals surface area contributed by atoms with Gasteiger partial charge in [0.05, 0.1) is 0 Å². The largest absolute Gasteiger partial charge is 0.372 e. The van der Waals surface area contributed by atoms with Crippen LogP contribution in [-0.2, 0) is 0 Å². The first-order valence-electron chi connectivity index (χ1n) is 9.05. The van der Waals surface area contributed by atoms with Crippen LogP contribution in [0.15, 0.2) is 24.3 Å². The predicted molar refractivity (Wildman–Crippen MR) is 109 cm³/mol. The lowest BCUT2D eigenvalue weighted by Gasteiger charge is -2.38. The van der Waals surface area contributed by atoms with Crippen LogP contribution in [0.1, 0.15) is 49.4 Å². The van der Waals surface area contributed by atoms with Gasteiger partial charge in [0.1, 0.15) is 0 Å². The minimum absolute atomic E-state index is 0. The van der Waals surface area contributed by atoms with Gasteiger partial charge in [0.2, 0.25) is 0 Å². The third kappa shape index (κ3) is 5.25. The van der Waals surface area contributed by atoms with Crippen molar-refractivity contribution in [2.24, 2.45) is 11.7 Å². The molecule has 142 valence electrons. The number of amides is 1. The minimum atomic E-state index is 0. The van der Waals surface area contributed by atoms with Gasteiger partial charge in [0, 0.05) is 43.5 Å². The molecule has 1 aromatic rings. The molecule has 4 nitrogen and oxygen atoms in total. The Morgan fingerprint density at radius 3 is 2.32 bits per heavy atom. The first-order valence-corrected chi connectivity index (χ1v) is 9.05. The molecule has 1 aromatic carbocycles. The second-order valence-corrected chi connectivity index (χ2v) is 7.11. The Kier molecular flexibility index (Phi) is 9.04. The molecular weight excluding hydrogens is 357 g/mol. The predicted octanol–water partition coefficient (Wildman–Crippen LogP) is 3.72. The maximum Gasteiger partial charge on any atom is 0.254 e. The van der Waals surface area contributed by atoms with Crippen molar-refractivity contribution >= 4 is 36.4 Å². The van der Waals surface area contributed by atoms with Gasteiger partial charge >= 0.3 is 0 Å². The molecule has 2 N–H and O–H groups in total. The SMILES string of the molecule is CC1CCN(C(=O)c2ccc(N3CCCCC3)cc2)C(CN)C1.Cl.Cl. The van der Waals surface area contributed by atoms with Crippen LogP contribution >= 0.6 is 24.8 Å². The smallest absolute Gasteiger partial charge is 0.254 e.